The van der Waals surface area contributed by atoms with Crippen LogP contribution in [0.15, 0.2) is 42.6 Å². The van der Waals surface area contributed by atoms with E-state index in [0.29, 0.717) is 11.5 Å². The van der Waals surface area contributed by atoms with Crippen LogP contribution in [0.25, 0.3) is 0 Å². The van der Waals surface area contributed by atoms with E-state index in [2.05, 4.69) is 10.3 Å². The van der Waals surface area contributed by atoms with E-state index in [1.54, 1.807) is 24.3 Å². The Morgan fingerprint density at radius 2 is 1.94 bits per heavy atom. The molecule has 5 heteroatoms. The lowest BCUT2D eigenvalue weighted by atomic mass is 10.1. The number of aromatic nitrogens is 1. The van der Waals surface area contributed by atoms with Crippen molar-refractivity contribution in [2.24, 2.45) is 0 Å². The van der Waals surface area contributed by atoms with Crippen molar-refractivity contribution in [2.45, 2.75) is 6.42 Å². The van der Waals surface area contributed by atoms with Gasteiger partial charge in [0.2, 0.25) is 5.91 Å². The van der Waals surface area contributed by atoms with Gasteiger partial charge >= 0.3 is 0 Å². The summed E-state index contributed by atoms with van der Waals surface area (Å²) in [5, 5.41) is 2.58. The number of benzene rings is 1. The molecule has 0 saturated carbocycles. The van der Waals surface area contributed by atoms with Gasteiger partial charge in [-0.05, 0) is 29.8 Å². The lowest BCUT2D eigenvalue weighted by molar-refractivity contribution is -0.115. The Bertz CT molecular complexity index is 488. The molecule has 0 aliphatic heterocycles. The Balaban J connectivity index is 1.96. The van der Waals surface area contributed by atoms with Crippen LogP contribution < -0.4 is 11.1 Å². The lowest BCUT2D eigenvalue weighted by Gasteiger charge is -2.04. The fraction of sp³-hybridized carbons (Fsp3) is 0.0769. The Morgan fingerprint density at radius 3 is 2.56 bits per heavy atom. The number of carbonyl (C=O) groups is 1. The van der Waals surface area contributed by atoms with Crippen LogP contribution in [-0.4, -0.2) is 10.9 Å². The van der Waals surface area contributed by atoms with Gasteiger partial charge in [-0.25, -0.2) is 9.37 Å². The highest BCUT2D eigenvalue weighted by molar-refractivity contribution is 5.91. The zero-order valence-corrected chi connectivity index (χ0v) is 9.56. The van der Waals surface area contributed by atoms with Crippen LogP contribution in [0.2, 0.25) is 0 Å². The molecule has 2 aromatic rings. The van der Waals surface area contributed by atoms with Crippen LogP contribution in [-0.2, 0) is 11.2 Å². The number of nitrogens with one attached hydrogen (secondary N) is 1. The summed E-state index contributed by atoms with van der Waals surface area (Å²) in [7, 11) is 0. The first-order valence-corrected chi connectivity index (χ1v) is 5.39. The first-order valence-electron chi connectivity index (χ1n) is 5.39. The summed E-state index contributed by atoms with van der Waals surface area (Å²) in [4.78, 5) is 15.4. The third kappa shape index (κ3) is 3.28. The van der Waals surface area contributed by atoms with Crippen LogP contribution in [0.5, 0.6) is 0 Å². The maximum Gasteiger partial charge on any atom is 0.229 e. The number of hydrogen-bond acceptors (Lipinski definition) is 3. The minimum atomic E-state index is -0.438. The number of nitrogen functional groups attached to an aromatic ring is 1. The summed E-state index contributed by atoms with van der Waals surface area (Å²) < 4.78 is 12.6. The van der Waals surface area contributed by atoms with Crippen molar-refractivity contribution in [1.29, 1.82) is 0 Å². The molecule has 18 heavy (non-hydrogen) atoms. The van der Waals surface area contributed by atoms with Gasteiger partial charge in [-0.1, -0.05) is 12.1 Å². The Labute approximate surface area is 104 Å². The molecular formula is C13H12FN3O. The van der Waals surface area contributed by atoms with Crippen LogP contribution in [0.1, 0.15) is 5.56 Å². The highest BCUT2D eigenvalue weighted by Gasteiger charge is 2.04. The number of anilines is 2. The molecule has 1 heterocycles. The van der Waals surface area contributed by atoms with Crippen LogP contribution in [0.3, 0.4) is 0 Å². The number of nitrogens with two attached hydrogens (primary N) is 1. The molecule has 0 aliphatic carbocycles. The van der Waals surface area contributed by atoms with Gasteiger partial charge in [-0.3, -0.25) is 4.79 Å². The minimum Gasteiger partial charge on any atom is -0.399 e. The van der Waals surface area contributed by atoms with Crippen LogP contribution in [0.4, 0.5) is 15.9 Å². The first kappa shape index (κ1) is 12.0. The molecule has 0 saturated heterocycles. The van der Waals surface area contributed by atoms with Crippen molar-refractivity contribution < 1.29 is 9.18 Å². The monoisotopic (exact) mass is 245 g/mol. The van der Waals surface area contributed by atoms with E-state index in [0.717, 1.165) is 11.8 Å². The summed E-state index contributed by atoms with van der Waals surface area (Å²) in [5.41, 5.74) is 7.05. The van der Waals surface area contributed by atoms with Crippen molar-refractivity contribution in [3.63, 3.8) is 0 Å². The SMILES string of the molecule is Nc1ccc(CC(=O)Nc2ccc(F)cn2)cc1. The maximum absolute atomic E-state index is 12.6. The predicted molar refractivity (Wildman–Crippen MR) is 67.4 cm³/mol. The van der Waals surface area contributed by atoms with Gasteiger partial charge in [-0.15, -0.1) is 0 Å². The summed E-state index contributed by atoms with van der Waals surface area (Å²) >= 11 is 0. The number of nitrogens with zero attached hydrogens (tertiary/aromatic N) is 1. The molecule has 1 aromatic carbocycles. The topological polar surface area (TPSA) is 68.0 Å². The van der Waals surface area contributed by atoms with Gasteiger partial charge in [0.25, 0.3) is 0 Å². The first-order chi connectivity index (χ1) is 8.63. The average molecular weight is 245 g/mol. The molecule has 0 aliphatic rings. The van der Waals surface area contributed by atoms with E-state index < -0.39 is 5.82 Å². The van der Waals surface area contributed by atoms with Crippen molar-refractivity contribution in [3.8, 4) is 0 Å². The van der Waals surface area contributed by atoms with E-state index in [9.17, 15) is 9.18 Å². The smallest absolute Gasteiger partial charge is 0.229 e. The molecular weight excluding hydrogens is 233 g/mol. The second-order valence-corrected chi connectivity index (χ2v) is 3.83. The highest BCUT2D eigenvalue weighted by atomic mass is 19.1. The van der Waals surface area contributed by atoms with Crippen molar-refractivity contribution in [3.05, 3.63) is 54.0 Å². The maximum atomic E-state index is 12.6. The summed E-state index contributed by atoms with van der Waals surface area (Å²) in [6, 6.07) is 9.69. The fourth-order valence-corrected chi connectivity index (χ4v) is 1.46. The third-order valence-corrected chi connectivity index (χ3v) is 2.34. The average Bonchev–Trinajstić information content (AvgIpc) is 2.35. The van der Waals surface area contributed by atoms with Crippen LogP contribution in [0, 0.1) is 5.82 Å². The lowest BCUT2D eigenvalue weighted by Crippen LogP contribution is -2.15. The zero-order valence-electron chi connectivity index (χ0n) is 9.56. The molecule has 0 bridgehead atoms. The van der Waals surface area contributed by atoms with Crippen molar-refractivity contribution >= 4 is 17.4 Å². The molecule has 0 atom stereocenters. The Kier molecular flexibility index (Phi) is 3.52. The zero-order chi connectivity index (χ0) is 13.0. The standard InChI is InChI=1S/C13H12FN3O/c14-10-3-6-12(16-8-10)17-13(18)7-9-1-4-11(15)5-2-9/h1-6,8H,7,15H2,(H,16,17,18). The molecule has 92 valence electrons. The molecule has 0 spiro atoms. The Hall–Kier alpha value is -2.43. The van der Waals surface area contributed by atoms with Gasteiger partial charge in [0.1, 0.15) is 11.6 Å². The summed E-state index contributed by atoms with van der Waals surface area (Å²) in [6.45, 7) is 0. The molecule has 2 rings (SSSR count). The van der Waals surface area contributed by atoms with E-state index in [4.69, 9.17) is 5.73 Å². The van der Waals surface area contributed by atoms with Gasteiger partial charge in [-0.2, -0.15) is 0 Å². The molecule has 0 radical (unpaired) electrons. The van der Waals surface area contributed by atoms with E-state index in [-0.39, 0.29) is 12.3 Å². The number of halogens is 1. The summed E-state index contributed by atoms with van der Waals surface area (Å²) in [5.74, 6) is -0.317. The summed E-state index contributed by atoms with van der Waals surface area (Å²) in [6.07, 6.45) is 1.28. The molecule has 0 unspecified atom stereocenters. The van der Waals surface area contributed by atoms with E-state index in [1.807, 2.05) is 0 Å². The van der Waals surface area contributed by atoms with Crippen molar-refractivity contribution in [1.82, 2.24) is 4.98 Å². The second kappa shape index (κ2) is 5.27. The number of pyridine rings is 1. The molecule has 1 amide bonds. The fourth-order valence-electron chi connectivity index (χ4n) is 1.46. The predicted octanol–water partition coefficient (Wildman–Crippen LogP) is 1.98. The van der Waals surface area contributed by atoms with Crippen molar-refractivity contribution in [2.75, 3.05) is 11.1 Å². The number of carbonyl (C=O) groups excluding carboxylic acids is 1. The van der Waals surface area contributed by atoms with E-state index in [1.165, 1.54) is 12.1 Å². The highest BCUT2D eigenvalue weighted by Crippen LogP contribution is 2.08. The van der Waals surface area contributed by atoms with Gasteiger partial charge < -0.3 is 11.1 Å². The van der Waals surface area contributed by atoms with Crippen LogP contribution >= 0.6 is 0 Å². The number of rotatable bonds is 3. The van der Waals surface area contributed by atoms with E-state index >= 15 is 0 Å². The number of hydrogen-bond donors (Lipinski definition) is 2. The molecule has 3 N–H and O–H groups in total. The molecule has 4 nitrogen and oxygen atoms in total. The quantitative estimate of drug-likeness (QED) is 0.812. The Morgan fingerprint density at radius 1 is 1.22 bits per heavy atom. The van der Waals surface area contributed by atoms with Gasteiger partial charge in [0, 0.05) is 5.69 Å². The molecule has 1 aromatic heterocycles. The van der Waals surface area contributed by atoms with Gasteiger partial charge in [0.15, 0.2) is 0 Å². The second-order valence-electron chi connectivity index (χ2n) is 3.83. The normalized spacial score (nSPS) is 10.1. The van der Waals surface area contributed by atoms with Gasteiger partial charge in [0.05, 0.1) is 12.6 Å². The largest absolute Gasteiger partial charge is 0.399 e. The number of amides is 1. The molecule has 0 fully saturated rings. The minimum absolute atomic E-state index is 0.209. The third-order valence-electron chi connectivity index (χ3n) is 2.34.